The molecule has 98 valence electrons. The molecule has 1 aliphatic rings. The number of Topliss-reactive ketones (excluding diaryl/α,β-unsaturated/α-hetero) is 1. The number of hydrogen-bond acceptors (Lipinski definition) is 3. The fraction of sp³-hybridized carbons (Fsp3) is 0.846. The lowest BCUT2D eigenvalue weighted by Gasteiger charge is -2.06. The molecular weight excluding hydrogens is 218 g/mol. The molecule has 0 aliphatic carbocycles. The highest BCUT2D eigenvalue weighted by molar-refractivity contribution is 5.95. The minimum atomic E-state index is -0.506. The predicted molar refractivity (Wildman–Crippen MR) is 65.7 cm³/mol. The number of ketones is 1. The van der Waals surface area contributed by atoms with Gasteiger partial charge in [-0.3, -0.25) is 9.59 Å². The number of unbranched alkanes of at least 4 members (excludes halogenated alkanes) is 4. The van der Waals surface area contributed by atoms with Gasteiger partial charge in [0.1, 0.15) is 0 Å². The van der Waals surface area contributed by atoms with E-state index in [1.165, 1.54) is 24.2 Å². The molecule has 17 heavy (non-hydrogen) atoms. The lowest BCUT2D eigenvalue weighted by molar-refractivity contribution is -0.130. The van der Waals surface area contributed by atoms with E-state index in [-0.39, 0.29) is 11.7 Å². The lowest BCUT2D eigenvalue weighted by atomic mass is 10.1. The van der Waals surface area contributed by atoms with E-state index in [0.717, 1.165) is 12.8 Å². The van der Waals surface area contributed by atoms with E-state index in [1.807, 2.05) is 0 Å². The molecule has 1 aliphatic heterocycles. The van der Waals surface area contributed by atoms with Crippen molar-refractivity contribution < 1.29 is 14.3 Å². The van der Waals surface area contributed by atoms with Crippen molar-refractivity contribution in [2.75, 3.05) is 14.1 Å². The van der Waals surface area contributed by atoms with Crippen LogP contribution in [-0.4, -0.2) is 42.9 Å². The molecule has 0 spiro atoms. The molecular formula is C13H23NO3. The number of amides is 1. The van der Waals surface area contributed by atoms with Crippen LogP contribution in [0, 0.1) is 0 Å². The zero-order valence-corrected chi connectivity index (χ0v) is 11.1. The van der Waals surface area contributed by atoms with Crippen LogP contribution in [0.25, 0.3) is 0 Å². The minimum absolute atomic E-state index is 0.0849. The van der Waals surface area contributed by atoms with Gasteiger partial charge in [-0.2, -0.15) is 0 Å². The van der Waals surface area contributed by atoms with Crippen LogP contribution in [-0.2, 0) is 14.3 Å². The third kappa shape index (κ3) is 4.46. The van der Waals surface area contributed by atoms with E-state index < -0.39 is 12.2 Å². The van der Waals surface area contributed by atoms with E-state index in [4.69, 9.17) is 4.74 Å². The zero-order chi connectivity index (χ0) is 12.8. The number of carbonyl (C=O) groups excluding carboxylic acids is 2. The Morgan fingerprint density at radius 3 is 2.29 bits per heavy atom. The fourth-order valence-corrected chi connectivity index (χ4v) is 1.84. The summed E-state index contributed by atoms with van der Waals surface area (Å²) >= 11 is 0. The Kier molecular flexibility index (Phi) is 5.62. The Morgan fingerprint density at radius 1 is 1.06 bits per heavy atom. The maximum absolute atomic E-state index is 11.7. The number of hydrogen-bond donors (Lipinski definition) is 0. The second kappa shape index (κ2) is 6.74. The first-order valence-electron chi connectivity index (χ1n) is 6.47. The normalized spacial score (nSPS) is 22.3. The van der Waals surface area contributed by atoms with Crippen molar-refractivity contribution in [3.05, 3.63) is 0 Å². The first kappa shape index (κ1) is 14.2. The minimum Gasteiger partial charge on any atom is -0.351 e. The Bertz CT molecular complexity index is 276. The van der Waals surface area contributed by atoms with E-state index in [1.54, 1.807) is 14.1 Å². The zero-order valence-electron chi connectivity index (χ0n) is 11.1. The summed E-state index contributed by atoms with van der Waals surface area (Å²) in [6.07, 6.45) is 5.22. The van der Waals surface area contributed by atoms with Crippen molar-refractivity contribution in [3.8, 4) is 0 Å². The molecule has 0 aromatic carbocycles. The molecule has 1 saturated heterocycles. The standard InChI is InChI=1S/C13H23NO3/c1-4-5-6-7-8-9-10(15)11-12(17-11)13(16)14(2)3/h11-12H,4-9H2,1-3H3. The first-order valence-corrected chi connectivity index (χ1v) is 6.47. The summed E-state index contributed by atoms with van der Waals surface area (Å²) in [6, 6.07) is 0. The van der Waals surface area contributed by atoms with Crippen LogP contribution in [0.15, 0.2) is 0 Å². The summed E-state index contributed by atoms with van der Waals surface area (Å²) in [5.74, 6) is -0.0176. The average molecular weight is 241 g/mol. The summed E-state index contributed by atoms with van der Waals surface area (Å²) in [6.45, 7) is 2.17. The van der Waals surface area contributed by atoms with E-state index in [2.05, 4.69) is 6.92 Å². The topological polar surface area (TPSA) is 49.9 Å². The molecule has 2 unspecified atom stereocenters. The number of likely N-dealkylation sites (N-methyl/N-ethyl adjacent to an activating group) is 1. The second-order valence-electron chi connectivity index (χ2n) is 4.84. The molecule has 1 rings (SSSR count). The van der Waals surface area contributed by atoms with Crippen molar-refractivity contribution in [1.29, 1.82) is 0 Å². The molecule has 4 heteroatoms. The molecule has 1 fully saturated rings. The predicted octanol–water partition coefficient (Wildman–Crippen LogP) is 1.77. The molecule has 0 N–H and O–H groups in total. The van der Waals surface area contributed by atoms with Crippen molar-refractivity contribution >= 4 is 11.7 Å². The molecule has 0 radical (unpaired) electrons. The first-order chi connectivity index (χ1) is 8.07. The molecule has 0 aromatic rings. The monoisotopic (exact) mass is 241 g/mol. The van der Waals surface area contributed by atoms with Gasteiger partial charge in [0, 0.05) is 20.5 Å². The van der Waals surface area contributed by atoms with Crippen molar-refractivity contribution in [3.63, 3.8) is 0 Å². The number of ether oxygens (including phenoxy) is 1. The molecule has 0 bridgehead atoms. The number of rotatable bonds is 8. The number of epoxide rings is 1. The van der Waals surface area contributed by atoms with Crippen molar-refractivity contribution in [2.45, 2.75) is 57.7 Å². The van der Waals surface area contributed by atoms with Gasteiger partial charge in [-0.15, -0.1) is 0 Å². The van der Waals surface area contributed by atoms with Gasteiger partial charge in [-0.25, -0.2) is 0 Å². The third-order valence-corrected chi connectivity index (χ3v) is 3.02. The summed E-state index contributed by atoms with van der Waals surface area (Å²) < 4.78 is 5.14. The van der Waals surface area contributed by atoms with Gasteiger partial charge < -0.3 is 9.64 Å². The van der Waals surface area contributed by atoms with Gasteiger partial charge in [-0.05, 0) is 6.42 Å². The number of nitrogens with zero attached hydrogens (tertiary/aromatic N) is 1. The average Bonchev–Trinajstić information content (AvgIpc) is 3.07. The Labute approximate surface area is 103 Å². The molecule has 0 saturated carbocycles. The maximum Gasteiger partial charge on any atom is 0.254 e. The molecule has 0 aromatic heterocycles. The third-order valence-electron chi connectivity index (χ3n) is 3.02. The Hall–Kier alpha value is -0.900. The Balaban J connectivity index is 2.12. The van der Waals surface area contributed by atoms with Crippen LogP contribution in [0.1, 0.15) is 45.4 Å². The Morgan fingerprint density at radius 2 is 1.71 bits per heavy atom. The maximum atomic E-state index is 11.7. The van der Waals surface area contributed by atoms with Crippen LogP contribution >= 0.6 is 0 Å². The van der Waals surface area contributed by atoms with E-state index >= 15 is 0 Å². The van der Waals surface area contributed by atoms with Gasteiger partial charge in [0.2, 0.25) is 0 Å². The number of carbonyl (C=O) groups is 2. The lowest BCUT2D eigenvalue weighted by Crippen LogP contribution is -2.29. The van der Waals surface area contributed by atoms with Crippen molar-refractivity contribution in [2.24, 2.45) is 0 Å². The summed E-state index contributed by atoms with van der Waals surface area (Å²) in [7, 11) is 3.35. The fourth-order valence-electron chi connectivity index (χ4n) is 1.84. The second-order valence-corrected chi connectivity index (χ2v) is 4.84. The molecule has 2 atom stereocenters. The van der Waals surface area contributed by atoms with Crippen LogP contribution in [0.4, 0.5) is 0 Å². The summed E-state index contributed by atoms with van der Waals surface area (Å²) in [5, 5.41) is 0. The quantitative estimate of drug-likeness (QED) is 0.480. The highest BCUT2D eigenvalue weighted by Gasteiger charge is 2.49. The molecule has 4 nitrogen and oxygen atoms in total. The van der Waals surface area contributed by atoms with Gasteiger partial charge in [0.05, 0.1) is 0 Å². The SMILES string of the molecule is CCCCCCCC(=O)C1OC1C(=O)N(C)C. The largest absolute Gasteiger partial charge is 0.351 e. The van der Waals surface area contributed by atoms with Crippen LogP contribution < -0.4 is 0 Å². The smallest absolute Gasteiger partial charge is 0.254 e. The van der Waals surface area contributed by atoms with Crippen LogP contribution in [0.5, 0.6) is 0 Å². The van der Waals surface area contributed by atoms with Crippen LogP contribution in [0.3, 0.4) is 0 Å². The van der Waals surface area contributed by atoms with Gasteiger partial charge in [-0.1, -0.05) is 32.6 Å². The summed E-state index contributed by atoms with van der Waals surface area (Å²) in [5.41, 5.74) is 0. The summed E-state index contributed by atoms with van der Waals surface area (Å²) in [4.78, 5) is 24.6. The van der Waals surface area contributed by atoms with Gasteiger partial charge in [0.25, 0.3) is 5.91 Å². The highest BCUT2D eigenvalue weighted by Crippen LogP contribution is 2.26. The van der Waals surface area contributed by atoms with Gasteiger partial charge in [0.15, 0.2) is 18.0 Å². The van der Waals surface area contributed by atoms with Crippen LogP contribution in [0.2, 0.25) is 0 Å². The molecule has 1 heterocycles. The van der Waals surface area contributed by atoms with E-state index in [9.17, 15) is 9.59 Å². The highest BCUT2D eigenvalue weighted by atomic mass is 16.6. The van der Waals surface area contributed by atoms with Gasteiger partial charge >= 0.3 is 0 Å². The van der Waals surface area contributed by atoms with E-state index in [0.29, 0.717) is 6.42 Å². The van der Waals surface area contributed by atoms with Crippen molar-refractivity contribution in [1.82, 2.24) is 4.90 Å². The molecule has 1 amide bonds.